The van der Waals surface area contributed by atoms with Crippen molar-refractivity contribution >= 4 is 0 Å². The SMILES string of the molecule is CNC(CCN1CCCC(CO)C1)c1ccc(C)cc1. The van der Waals surface area contributed by atoms with Crippen molar-refractivity contribution in [3.63, 3.8) is 0 Å². The van der Waals surface area contributed by atoms with Crippen LogP contribution in [0.5, 0.6) is 0 Å². The molecule has 1 fully saturated rings. The minimum atomic E-state index is 0.337. The number of rotatable bonds is 6. The molecule has 0 spiro atoms. The van der Waals surface area contributed by atoms with Crippen LogP contribution in [0, 0.1) is 12.8 Å². The lowest BCUT2D eigenvalue weighted by molar-refractivity contribution is 0.117. The van der Waals surface area contributed by atoms with E-state index in [-0.39, 0.29) is 0 Å². The normalized spacial score (nSPS) is 21.9. The maximum atomic E-state index is 9.30. The minimum absolute atomic E-state index is 0.337. The predicted molar refractivity (Wildman–Crippen MR) is 83.8 cm³/mol. The Morgan fingerprint density at radius 1 is 1.35 bits per heavy atom. The van der Waals surface area contributed by atoms with Crippen LogP contribution >= 0.6 is 0 Å². The third kappa shape index (κ3) is 4.30. The fourth-order valence-corrected chi connectivity index (χ4v) is 3.09. The molecular weight excluding hydrogens is 248 g/mol. The van der Waals surface area contributed by atoms with Crippen molar-refractivity contribution in [2.45, 2.75) is 32.2 Å². The van der Waals surface area contributed by atoms with Crippen LogP contribution in [0.15, 0.2) is 24.3 Å². The number of aryl methyl sites for hydroxylation is 1. The van der Waals surface area contributed by atoms with Crippen LogP contribution in [-0.4, -0.2) is 43.3 Å². The van der Waals surface area contributed by atoms with Crippen LogP contribution in [0.1, 0.15) is 36.4 Å². The molecule has 1 aliphatic rings. The topological polar surface area (TPSA) is 35.5 Å². The van der Waals surface area contributed by atoms with E-state index in [9.17, 15) is 5.11 Å². The minimum Gasteiger partial charge on any atom is -0.396 e. The van der Waals surface area contributed by atoms with Gasteiger partial charge in [-0.1, -0.05) is 29.8 Å². The molecule has 0 aromatic heterocycles. The van der Waals surface area contributed by atoms with Crippen LogP contribution in [0.3, 0.4) is 0 Å². The van der Waals surface area contributed by atoms with Crippen LogP contribution in [0.2, 0.25) is 0 Å². The van der Waals surface area contributed by atoms with E-state index in [0.717, 1.165) is 19.5 Å². The van der Waals surface area contributed by atoms with Gasteiger partial charge in [0.1, 0.15) is 0 Å². The number of hydrogen-bond acceptors (Lipinski definition) is 3. The molecule has 20 heavy (non-hydrogen) atoms. The van der Waals surface area contributed by atoms with Gasteiger partial charge in [0, 0.05) is 19.2 Å². The number of nitrogens with zero attached hydrogens (tertiary/aromatic N) is 1. The molecule has 2 atom stereocenters. The van der Waals surface area contributed by atoms with Gasteiger partial charge in [0.05, 0.1) is 0 Å². The number of aliphatic hydroxyl groups is 1. The van der Waals surface area contributed by atoms with Crippen molar-refractivity contribution in [2.24, 2.45) is 5.92 Å². The molecule has 2 unspecified atom stereocenters. The van der Waals surface area contributed by atoms with E-state index in [0.29, 0.717) is 18.6 Å². The number of hydrogen-bond donors (Lipinski definition) is 2. The number of aliphatic hydroxyl groups excluding tert-OH is 1. The first kappa shape index (κ1) is 15.5. The average molecular weight is 276 g/mol. The molecule has 1 aromatic carbocycles. The highest BCUT2D eigenvalue weighted by Crippen LogP contribution is 2.20. The molecule has 3 heteroatoms. The van der Waals surface area contributed by atoms with Gasteiger partial charge in [-0.15, -0.1) is 0 Å². The van der Waals surface area contributed by atoms with Gasteiger partial charge in [0.15, 0.2) is 0 Å². The monoisotopic (exact) mass is 276 g/mol. The predicted octanol–water partition coefficient (Wildman–Crippen LogP) is 2.35. The van der Waals surface area contributed by atoms with E-state index in [4.69, 9.17) is 0 Å². The summed E-state index contributed by atoms with van der Waals surface area (Å²) in [5.74, 6) is 0.483. The first-order chi connectivity index (χ1) is 9.72. The van der Waals surface area contributed by atoms with Gasteiger partial charge in [-0.2, -0.15) is 0 Å². The number of nitrogens with one attached hydrogen (secondary N) is 1. The molecule has 0 amide bonds. The second-order valence-electron chi connectivity index (χ2n) is 6.03. The van der Waals surface area contributed by atoms with Crippen LogP contribution in [0.4, 0.5) is 0 Å². The number of benzene rings is 1. The summed E-state index contributed by atoms with van der Waals surface area (Å²) in [7, 11) is 2.04. The zero-order valence-corrected chi connectivity index (χ0v) is 12.8. The molecule has 1 saturated heterocycles. The molecule has 0 aliphatic carbocycles. The average Bonchev–Trinajstić information content (AvgIpc) is 2.50. The highest BCUT2D eigenvalue weighted by atomic mass is 16.3. The summed E-state index contributed by atoms with van der Waals surface area (Å²) < 4.78 is 0. The van der Waals surface area contributed by atoms with Gasteiger partial charge in [0.25, 0.3) is 0 Å². The fraction of sp³-hybridized carbons (Fsp3) is 0.647. The Kier molecular flexibility index (Phi) is 6.02. The summed E-state index contributed by atoms with van der Waals surface area (Å²) in [6, 6.07) is 9.24. The Bertz CT molecular complexity index is 390. The van der Waals surface area contributed by atoms with E-state index in [1.165, 1.54) is 30.5 Å². The highest BCUT2D eigenvalue weighted by molar-refractivity contribution is 5.24. The molecule has 1 aliphatic heterocycles. The van der Waals surface area contributed by atoms with E-state index in [1.54, 1.807) is 0 Å². The van der Waals surface area contributed by atoms with E-state index >= 15 is 0 Å². The molecule has 112 valence electrons. The fourth-order valence-electron chi connectivity index (χ4n) is 3.09. The summed E-state index contributed by atoms with van der Waals surface area (Å²) in [5.41, 5.74) is 2.68. The molecule has 0 radical (unpaired) electrons. The third-order valence-electron chi connectivity index (χ3n) is 4.42. The Morgan fingerprint density at radius 3 is 2.75 bits per heavy atom. The van der Waals surface area contributed by atoms with E-state index < -0.39 is 0 Å². The van der Waals surface area contributed by atoms with Gasteiger partial charge in [-0.05, 0) is 57.8 Å². The van der Waals surface area contributed by atoms with Crippen molar-refractivity contribution in [2.75, 3.05) is 33.3 Å². The summed E-state index contributed by atoms with van der Waals surface area (Å²) in [6.07, 6.45) is 3.53. The Balaban J connectivity index is 1.85. The Hall–Kier alpha value is -0.900. The standard InChI is InChI=1S/C17H28N2O/c1-14-5-7-16(8-6-14)17(18-2)9-11-19-10-3-4-15(12-19)13-20/h5-8,15,17-18,20H,3-4,9-13H2,1-2H3. The van der Waals surface area contributed by atoms with Crippen molar-refractivity contribution in [1.29, 1.82) is 0 Å². The van der Waals surface area contributed by atoms with Crippen LogP contribution in [0.25, 0.3) is 0 Å². The molecule has 2 N–H and O–H groups in total. The molecule has 3 nitrogen and oxygen atoms in total. The quantitative estimate of drug-likeness (QED) is 0.837. The Morgan fingerprint density at radius 2 is 2.10 bits per heavy atom. The van der Waals surface area contributed by atoms with E-state index in [1.807, 2.05) is 7.05 Å². The van der Waals surface area contributed by atoms with Crippen molar-refractivity contribution in [3.05, 3.63) is 35.4 Å². The van der Waals surface area contributed by atoms with Gasteiger partial charge in [-0.3, -0.25) is 0 Å². The van der Waals surface area contributed by atoms with Crippen molar-refractivity contribution in [1.82, 2.24) is 10.2 Å². The van der Waals surface area contributed by atoms with Gasteiger partial charge < -0.3 is 15.3 Å². The lowest BCUT2D eigenvalue weighted by Crippen LogP contribution is -2.38. The Labute approximate surface area is 123 Å². The largest absolute Gasteiger partial charge is 0.396 e. The molecule has 1 aromatic rings. The van der Waals surface area contributed by atoms with Crippen LogP contribution < -0.4 is 5.32 Å². The first-order valence-corrected chi connectivity index (χ1v) is 7.80. The van der Waals surface area contributed by atoms with Crippen molar-refractivity contribution < 1.29 is 5.11 Å². The molecule has 0 bridgehead atoms. The highest BCUT2D eigenvalue weighted by Gasteiger charge is 2.20. The lowest BCUT2D eigenvalue weighted by atomic mass is 9.97. The third-order valence-corrected chi connectivity index (χ3v) is 4.42. The molecule has 2 rings (SSSR count). The summed E-state index contributed by atoms with van der Waals surface area (Å²) >= 11 is 0. The maximum Gasteiger partial charge on any atom is 0.0471 e. The summed E-state index contributed by atoms with van der Waals surface area (Å²) in [6.45, 7) is 5.81. The zero-order valence-electron chi connectivity index (χ0n) is 12.8. The second-order valence-corrected chi connectivity index (χ2v) is 6.03. The van der Waals surface area contributed by atoms with Crippen molar-refractivity contribution in [3.8, 4) is 0 Å². The smallest absolute Gasteiger partial charge is 0.0471 e. The molecule has 1 heterocycles. The zero-order chi connectivity index (χ0) is 14.4. The molecular formula is C17H28N2O. The van der Waals surface area contributed by atoms with Crippen LogP contribution in [-0.2, 0) is 0 Å². The molecule has 0 saturated carbocycles. The van der Waals surface area contributed by atoms with Gasteiger partial charge >= 0.3 is 0 Å². The maximum absolute atomic E-state index is 9.30. The first-order valence-electron chi connectivity index (χ1n) is 7.80. The van der Waals surface area contributed by atoms with Gasteiger partial charge in [0.2, 0.25) is 0 Å². The van der Waals surface area contributed by atoms with E-state index in [2.05, 4.69) is 41.4 Å². The second kappa shape index (κ2) is 7.77. The number of piperidine rings is 1. The van der Waals surface area contributed by atoms with Gasteiger partial charge in [-0.25, -0.2) is 0 Å². The summed E-state index contributed by atoms with van der Waals surface area (Å²) in [5, 5.41) is 12.7. The lowest BCUT2D eigenvalue weighted by Gasteiger charge is -2.32. The summed E-state index contributed by atoms with van der Waals surface area (Å²) in [4.78, 5) is 2.50. The number of likely N-dealkylation sites (tertiary alicyclic amines) is 1.